The fourth-order valence-corrected chi connectivity index (χ4v) is 3.48. The van der Waals surface area contributed by atoms with Crippen LogP contribution in [0.1, 0.15) is 22.8 Å². The van der Waals surface area contributed by atoms with Crippen molar-refractivity contribution in [1.82, 2.24) is 14.9 Å². The maximum atomic E-state index is 12.3. The lowest BCUT2D eigenvalue weighted by molar-refractivity contribution is 0.0949. The first-order chi connectivity index (χ1) is 10.9. The van der Waals surface area contributed by atoms with Gasteiger partial charge in [0.05, 0.1) is 4.90 Å². The molecule has 1 heterocycles. The van der Waals surface area contributed by atoms with Crippen LogP contribution in [0, 0.1) is 6.92 Å². The van der Waals surface area contributed by atoms with Crippen molar-refractivity contribution in [3.8, 4) is 0 Å². The summed E-state index contributed by atoms with van der Waals surface area (Å²) in [6.45, 7) is 6.94. The second kappa shape index (κ2) is 7.72. The molecule has 2 rings (SSSR count). The van der Waals surface area contributed by atoms with E-state index < -0.39 is 10.0 Å². The van der Waals surface area contributed by atoms with Crippen LogP contribution in [0.2, 0.25) is 0 Å². The first kappa shape index (κ1) is 17.7. The minimum Gasteiger partial charge on any atom is -0.351 e. The van der Waals surface area contributed by atoms with Crippen LogP contribution >= 0.6 is 0 Å². The molecule has 0 fully saturated rings. The van der Waals surface area contributed by atoms with Gasteiger partial charge in [0.25, 0.3) is 5.91 Å². The van der Waals surface area contributed by atoms with E-state index >= 15 is 0 Å². The predicted octanol–water partition coefficient (Wildman–Crippen LogP) is 0.895. The van der Waals surface area contributed by atoms with E-state index in [1.54, 1.807) is 19.9 Å². The molecule has 23 heavy (non-hydrogen) atoms. The highest BCUT2D eigenvalue weighted by molar-refractivity contribution is 7.89. The zero-order valence-corrected chi connectivity index (χ0v) is 14.3. The molecule has 1 aromatic carbocycles. The molecule has 0 unspecified atom stereocenters. The summed E-state index contributed by atoms with van der Waals surface area (Å²) in [6, 6.07) is 4.60. The number of nitrogens with one attached hydrogen (secondary N) is 2. The molecule has 0 radical (unpaired) electrons. The standard InChI is InChI=1S/C16H23N3O3S/c1-3-18-23(21,22)14-7-6-13(2)15(12-14)16(20)17-8-11-19-9-4-5-10-19/h4-7,12,18H,3,8-11H2,1-2H3,(H,17,20). The normalized spacial score (nSPS) is 15.0. The summed E-state index contributed by atoms with van der Waals surface area (Å²) in [5.41, 5.74) is 1.14. The van der Waals surface area contributed by atoms with Crippen molar-refractivity contribution in [2.24, 2.45) is 0 Å². The molecule has 6 nitrogen and oxygen atoms in total. The van der Waals surface area contributed by atoms with E-state index in [0.717, 1.165) is 25.2 Å². The van der Waals surface area contributed by atoms with Gasteiger partial charge < -0.3 is 5.32 Å². The molecule has 0 aliphatic carbocycles. The van der Waals surface area contributed by atoms with Crippen LogP contribution in [0.4, 0.5) is 0 Å². The van der Waals surface area contributed by atoms with Gasteiger partial charge in [-0.25, -0.2) is 13.1 Å². The number of nitrogens with zero attached hydrogens (tertiary/aromatic N) is 1. The first-order valence-corrected chi connectivity index (χ1v) is 9.18. The van der Waals surface area contributed by atoms with Gasteiger partial charge in [-0.15, -0.1) is 0 Å². The molecule has 126 valence electrons. The molecule has 7 heteroatoms. The summed E-state index contributed by atoms with van der Waals surface area (Å²) in [6.07, 6.45) is 4.20. The highest BCUT2D eigenvalue weighted by Crippen LogP contribution is 2.15. The zero-order valence-electron chi connectivity index (χ0n) is 13.5. The summed E-state index contributed by atoms with van der Waals surface area (Å²) in [4.78, 5) is 14.6. The second-order valence-corrected chi connectivity index (χ2v) is 7.23. The lowest BCUT2D eigenvalue weighted by Crippen LogP contribution is -2.34. The number of sulfonamides is 1. The molecule has 2 N–H and O–H groups in total. The maximum Gasteiger partial charge on any atom is 0.251 e. The third-order valence-corrected chi connectivity index (χ3v) is 5.25. The maximum absolute atomic E-state index is 12.3. The van der Waals surface area contributed by atoms with Gasteiger partial charge in [-0.05, 0) is 24.6 Å². The van der Waals surface area contributed by atoms with Crippen molar-refractivity contribution < 1.29 is 13.2 Å². The highest BCUT2D eigenvalue weighted by Gasteiger charge is 2.17. The average molecular weight is 337 g/mol. The van der Waals surface area contributed by atoms with Crippen molar-refractivity contribution in [1.29, 1.82) is 0 Å². The van der Waals surface area contributed by atoms with Gasteiger partial charge >= 0.3 is 0 Å². The fraction of sp³-hybridized carbons (Fsp3) is 0.438. The van der Waals surface area contributed by atoms with Crippen LogP contribution in [0.25, 0.3) is 0 Å². The number of hydrogen-bond donors (Lipinski definition) is 2. The molecule has 1 aliphatic rings. The number of amides is 1. The molecule has 0 atom stereocenters. The molecular weight excluding hydrogens is 314 g/mol. The van der Waals surface area contributed by atoms with Gasteiger partial charge in [-0.1, -0.05) is 25.1 Å². The Balaban J connectivity index is 2.04. The molecule has 0 bridgehead atoms. The predicted molar refractivity (Wildman–Crippen MR) is 90.0 cm³/mol. The van der Waals surface area contributed by atoms with E-state index in [-0.39, 0.29) is 10.8 Å². The van der Waals surface area contributed by atoms with E-state index in [1.165, 1.54) is 12.1 Å². The molecule has 0 spiro atoms. The van der Waals surface area contributed by atoms with Crippen LogP contribution in [-0.4, -0.2) is 51.9 Å². The Kier molecular flexibility index (Phi) is 5.92. The van der Waals surface area contributed by atoms with Gasteiger partial charge in [-0.3, -0.25) is 9.69 Å². The number of carbonyl (C=O) groups is 1. The molecule has 1 amide bonds. The summed E-state index contributed by atoms with van der Waals surface area (Å²) in [5.74, 6) is -0.247. The molecule has 0 saturated carbocycles. The zero-order chi connectivity index (χ0) is 16.9. The van der Waals surface area contributed by atoms with Crippen molar-refractivity contribution >= 4 is 15.9 Å². The minimum atomic E-state index is -3.56. The summed E-state index contributed by atoms with van der Waals surface area (Å²) in [5, 5.41) is 2.85. The van der Waals surface area contributed by atoms with Crippen molar-refractivity contribution in [2.75, 3.05) is 32.7 Å². The summed E-state index contributed by atoms with van der Waals surface area (Å²) >= 11 is 0. The van der Waals surface area contributed by atoms with Crippen molar-refractivity contribution in [3.63, 3.8) is 0 Å². The third-order valence-electron chi connectivity index (χ3n) is 3.71. The lowest BCUT2D eigenvalue weighted by Gasteiger charge is -2.15. The molecular formula is C16H23N3O3S. The topological polar surface area (TPSA) is 78.5 Å². The van der Waals surface area contributed by atoms with Gasteiger partial charge in [0, 0.05) is 38.3 Å². The highest BCUT2D eigenvalue weighted by atomic mass is 32.2. The third kappa shape index (κ3) is 4.63. The SMILES string of the molecule is CCNS(=O)(=O)c1ccc(C)c(C(=O)NCCN2CC=CC2)c1. The van der Waals surface area contributed by atoms with Crippen LogP contribution in [-0.2, 0) is 10.0 Å². The van der Waals surface area contributed by atoms with E-state index in [9.17, 15) is 13.2 Å². The van der Waals surface area contributed by atoms with Crippen LogP contribution in [0.3, 0.4) is 0 Å². The van der Waals surface area contributed by atoms with Gasteiger partial charge in [0.2, 0.25) is 10.0 Å². The number of carbonyl (C=O) groups excluding carboxylic acids is 1. The van der Waals surface area contributed by atoms with E-state index in [4.69, 9.17) is 0 Å². The second-order valence-electron chi connectivity index (χ2n) is 5.46. The Bertz CT molecular complexity index is 691. The Morgan fingerprint density at radius 1 is 1.26 bits per heavy atom. The quantitative estimate of drug-likeness (QED) is 0.725. The van der Waals surface area contributed by atoms with E-state index in [2.05, 4.69) is 27.1 Å². The van der Waals surface area contributed by atoms with Crippen LogP contribution in [0.15, 0.2) is 35.2 Å². The van der Waals surface area contributed by atoms with E-state index in [1.807, 2.05) is 0 Å². The number of benzene rings is 1. The lowest BCUT2D eigenvalue weighted by atomic mass is 10.1. The monoisotopic (exact) mass is 337 g/mol. The first-order valence-electron chi connectivity index (χ1n) is 7.70. The fourth-order valence-electron chi connectivity index (χ4n) is 2.41. The number of aryl methyl sites for hydroxylation is 1. The van der Waals surface area contributed by atoms with Crippen LogP contribution < -0.4 is 10.0 Å². The Morgan fingerprint density at radius 2 is 1.96 bits per heavy atom. The van der Waals surface area contributed by atoms with Gasteiger partial charge in [0.15, 0.2) is 0 Å². The Labute approximate surface area is 137 Å². The van der Waals surface area contributed by atoms with Crippen molar-refractivity contribution in [3.05, 3.63) is 41.5 Å². The average Bonchev–Trinajstić information content (AvgIpc) is 3.00. The van der Waals surface area contributed by atoms with Crippen LogP contribution in [0.5, 0.6) is 0 Å². The van der Waals surface area contributed by atoms with E-state index in [0.29, 0.717) is 18.7 Å². The number of hydrogen-bond acceptors (Lipinski definition) is 4. The smallest absolute Gasteiger partial charge is 0.251 e. The van der Waals surface area contributed by atoms with Crippen molar-refractivity contribution in [2.45, 2.75) is 18.7 Å². The Morgan fingerprint density at radius 3 is 2.61 bits per heavy atom. The number of rotatable bonds is 7. The molecule has 0 aromatic heterocycles. The largest absolute Gasteiger partial charge is 0.351 e. The molecule has 1 aliphatic heterocycles. The van der Waals surface area contributed by atoms with Gasteiger partial charge in [-0.2, -0.15) is 0 Å². The molecule has 1 aromatic rings. The summed E-state index contributed by atoms with van der Waals surface area (Å²) in [7, 11) is -3.56. The van der Waals surface area contributed by atoms with Gasteiger partial charge in [0.1, 0.15) is 0 Å². The minimum absolute atomic E-state index is 0.110. The molecule has 0 saturated heterocycles. The summed E-state index contributed by atoms with van der Waals surface area (Å²) < 4.78 is 26.5. The Hall–Kier alpha value is -1.70.